The number of pyridine rings is 1. The zero-order valence-corrected chi connectivity index (χ0v) is 55.3. The molecule has 0 radical (unpaired) electrons. The highest BCUT2D eigenvalue weighted by Gasteiger charge is 2.37. The highest BCUT2D eigenvalue weighted by atomic mass is 32.1. The maximum atomic E-state index is 14.6. The number of hydrogen-bond acceptors (Lipinski definition) is 23. The highest BCUT2D eigenvalue weighted by Crippen LogP contribution is 2.43. The Morgan fingerprint density at radius 1 is 0.699 bits per heavy atom. The summed E-state index contributed by atoms with van der Waals surface area (Å²) >= 11 is 7.10. The number of aliphatic carboxylic acids is 1. The van der Waals surface area contributed by atoms with E-state index in [1.165, 1.54) is 82.6 Å². The summed E-state index contributed by atoms with van der Waals surface area (Å²) < 4.78 is 5.48. The number of ether oxygens (including phenoxy) is 1. The van der Waals surface area contributed by atoms with Gasteiger partial charge in [-0.25, -0.2) is 39.7 Å². The van der Waals surface area contributed by atoms with Crippen molar-refractivity contribution in [1.82, 2.24) is 56.2 Å². The van der Waals surface area contributed by atoms with Crippen LogP contribution in [0.15, 0.2) is 88.3 Å². The molecular weight excluding hydrogens is 1310 g/mol. The van der Waals surface area contributed by atoms with Crippen molar-refractivity contribution in [3.63, 3.8) is 0 Å². The Kier molecular flexibility index (Phi) is 20.2. The number of benzene rings is 2. The van der Waals surface area contributed by atoms with Gasteiger partial charge in [-0.05, 0) is 74.4 Å². The standard InChI is InChI=1S/C63H60N12O12S6/c1-29(2)37-21-43(76)48-30(3)92-59(73-48)39(22-46(77)64-4)67-53(80)41-26-88-55(69-41)36-18-19-38(57-71-45(28-91-57)75(35-13-9-12-34(20-35)63(85)86)61(82)32-14-16-33(17-15-32)62(83)84)66-49(36)40-25-89-58(68-40)42-27-90-60(70-42)51(52(79)31-10-7-6-8-11-31)72-47(78)23-65-54(81)50-44(24-87-5)93-56(37)74-50/h6-13,18-20,25-29,32-33,37,39,51-52,79H,14-17,21-24H2,1-5H3,(H,64,77)(H,65,81)(H,67,80)(H,72,78)(H,83,84)(H,85,86)/t32?,33?,37?,39-,51-,52-/m0/s1. The average molecular weight is 1370 g/mol. The molecule has 8 heterocycles. The van der Waals surface area contributed by atoms with Gasteiger partial charge in [-0.1, -0.05) is 50.2 Å². The van der Waals surface area contributed by atoms with E-state index in [0.29, 0.717) is 99.4 Å². The SMILES string of the molecule is CNC(=O)C[C@@H]1NC(=O)c2csc(n2)-c2ccc(-c3nc(N(C(=O)C4CCC(C(=O)O)CC4)c4cccc(C(=O)O)c4)cs3)nc2-c2csc(n2)-c2csc(n2)[C@H]([C@@H](O)c2ccccc2)NC(=O)CNC(=O)c2nc(sc2COC)C(C(C)C)CC(=O)c2nc1sc2C. The maximum absolute atomic E-state index is 14.6. The molecule has 1 aliphatic heterocycles. The quantitative estimate of drug-likeness (QED) is 0.0564. The van der Waals surface area contributed by atoms with Gasteiger partial charge in [0.1, 0.15) is 71.3 Å². The molecule has 93 heavy (non-hydrogen) atoms. The largest absolute Gasteiger partial charge is 0.481 e. The number of ketones is 1. The van der Waals surface area contributed by atoms with Crippen LogP contribution in [0.1, 0.15) is 149 Å². The lowest BCUT2D eigenvalue weighted by molar-refractivity contribution is -0.144. The number of carboxylic acids is 2. The molecule has 11 rings (SSSR count). The minimum Gasteiger partial charge on any atom is -0.481 e. The predicted molar refractivity (Wildman–Crippen MR) is 352 cm³/mol. The van der Waals surface area contributed by atoms with Crippen molar-refractivity contribution in [2.45, 2.75) is 90.0 Å². The van der Waals surface area contributed by atoms with Crippen molar-refractivity contribution < 1.29 is 58.4 Å². The lowest BCUT2D eigenvalue weighted by Crippen LogP contribution is -2.40. The third-order valence-corrected chi connectivity index (χ3v) is 21.6. The fourth-order valence-electron chi connectivity index (χ4n) is 10.9. The van der Waals surface area contributed by atoms with Gasteiger partial charge in [0.15, 0.2) is 11.6 Å². The topological polar surface area (TPSA) is 348 Å². The average Bonchev–Trinajstić information content (AvgIpc) is 1.72. The van der Waals surface area contributed by atoms with Crippen LogP contribution in [0.25, 0.3) is 43.4 Å². The summed E-state index contributed by atoms with van der Waals surface area (Å²) in [5.74, 6) is -6.83. The van der Waals surface area contributed by atoms with Crippen LogP contribution < -0.4 is 26.2 Å². The summed E-state index contributed by atoms with van der Waals surface area (Å²) in [6, 6.07) is 16.0. The number of Topliss-reactive ketones (excluding diaryl/α,β-unsaturated/α-hetero) is 1. The van der Waals surface area contributed by atoms with E-state index >= 15 is 0 Å². The Balaban J connectivity index is 0.998. The smallest absolute Gasteiger partial charge is 0.335 e. The van der Waals surface area contributed by atoms with Crippen LogP contribution in [0.2, 0.25) is 0 Å². The Morgan fingerprint density at radius 3 is 2.13 bits per heavy atom. The number of aryl methyl sites for hydroxylation is 1. The Labute approximate surface area is 555 Å². The van der Waals surface area contributed by atoms with Crippen molar-refractivity contribution in [2.24, 2.45) is 17.8 Å². The molecule has 7 aromatic heterocycles. The van der Waals surface area contributed by atoms with E-state index in [9.17, 15) is 53.7 Å². The molecule has 24 nitrogen and oxygen atoms in total. The highest BCUT2D eigenvalue weighted by molar-refractivity contribution is 7.15. The molecule has 2 aromatic carbocycles. The van der Waals surface area contributed by atoms with E-state index in [1.807, 2.05) is 13.8 Å². The van der Waals surface area contributed by atoms with Crippen LogP contribution in [0, 0.1) is 24.7 Å². The molecule has 0 spiro atoms. The van der Waals surface area contributed by atoms with Crippen LogP contribution in [-0.4, -0.2) is 118 Å². The molecule has 480 valence electrons. The Bertz CT molecular complexity index is 4320. The second-order valence-electron chi connectivity index (χ2n) is 22.3. The van der Waals surface area contributed by atoms with E-state index in [2.05, 4.69) is 21.3 Å². The molecule has 9 aromatic rings. The first-order valence-corrected chi connectivity index (χ1v) is 34.5. The molecule has 10 bridgehead atoms. The van der Waals surface area contributed by atoms with Crippen molar-refractivity contribution in [2.75, 3.05) is 25.6 Å². The van der Waals surface area contributed by atoms with E-state index in [-0.39, 0.29) is 71.2 Å². The predicted octanol–water partition coefficient (Wildman–Crippen LogP) is 10.5. The van der Waals surface area contributed by atoms with E-state index in [0.717, 1.165) is 22.7 Å². The fraction of sp³-hybridized carbons (Fsp3) is 0.317. The van der Waals surface area contributed by atoms with E-state index < -0.39 is 78.1 Å². The van der Waals surface area contributed by atoms with Crippen LogP contribution in [0.5, 0.6) is 0 Å². The molecule has 1 aliphatic carbocycles. The number of aromatic nitrogens is 7. The molecule has 1 saturated carbocycles. The number of amides is 5. The number of rotatable bonds is 13. The van der Waals surface area contributed by atoms with Gasteiger partial charge in [0.2, 0.25) is 17.7 Å². The minimum atomic E-state index is -1.31. The zero-order valence-electron chi connectivity index (χ0n) is 50.4. The number of methoxy groups -OCH3 is 1. The molecule has 2 aliphatic rings. The number of anilines is 2. The number of nitrogens with one attached hydrogen (secondary N) is 4. The molecule has 30 heteroatoms. The van der Waals surface area contributed by atoms with Gasteiger partial charge in [-0.3, -0.25) is 38.5 Å². The molecule has 5 amide bonds. The Hall–Kier alpha value is -8.75. The van der Waals surface area contributed by atoms with Crippen molar-refractivity contribution in [3.8, 4) is 43.4 Å². The number of aliphatic hydroxyl groups excluding tert-OH is 1. The van der Waals surface area contributed by atoms with Gasteiger partial charge in [0, 0.05) is 64.4 Å². The number of hydrogen-bond donors (Lipinski definition) is 7. The molecule has 1 unspecified atom stereocenters. The maximum Gasteiger partial charge on any atom is 0.335 e. The van der Waals surface area contributed by atoms with E-state index in [1.54, 1.807) is 77.0 Å². The number of aliphatic hydroxyl groups is 1. The van der Waals surface area contributed by atoms with Gasteiger partial charge in [-0.2, -0.15) is 0 Å². The monoisotopic (exact) mass is 1370 g/mol. The van der Waals surface area contributed by atoms with E-state index in [4.69, 9.17) is 39.6 Å². The zero-order chi connectivity index (χ0) is 65.8. The van der Waals surface area contributed by atoms with Gasteiger partial charge in [0.05, 0.1) is 58.4 Å². The summed E-state index contributed by atoms with van der Waals surface area (Å²) in [6.45, 7) is 5.09. The molecule has 4 atom stereocenters. The summed E-state index contributed by atoms with van der Waals surface area (Å²) in [7, 11) is 2.94. The summed E-state index contributed by atoms with van der Waals surface area (Å²) in [5.41, 5.74) is 2.66. The third-order valence-electron chi connectivity index (χ3n) is 15.8. The number of aromatic carboxylic acids is 1. The van der Waals surface area contributed by atoms with Crippen molar-refractivity contribution in [1.29, 1.82) is 0 Å². The van der Waals surface area contributed by atoms with Gasteiger partial charge in [-0.15, -0.1) is 68.0 Å². The number of carbonyl (C=O) groups is 8. The molecular formula is C63H60N12O12S6. The minimum absolute atomic E-state index is 0.00405. The first-order valence-electron chi connectivity index (χ1n) is 29.3. The van der Waals surface area contributed by atoms with Gasteiger partial charge >= 0.3 is 11.9 Å². The fourth-order valence-corrected chi connectivity index (χ4v) is 16.5. The van der Waals surface area contributed by atoms with Crippen molar-refractivity contribution >= 4 is 127 Å². The van der Waals surface area contributed by atoms with Crippen LogP contribution >= 0.6 is 68.0 Å². The van der Waals surface area contributed by atoms with Crippen LogP contribution in [-0.2, 0) is 30.5 Å². The number of fused-ring (bicyclic) bond motifs is 14. The van der Waals surface area contributed by atoms with Crippen LogP contribution in [0.4, 0.5) is 11.5 Å². The first kappa shape index (κ1) is 65.7. The molecule has 7 N–H and O–H groups in total. The van der Waals surface area contributed by atoms with Gasteiger partial charge < -0.3 is 41.3 Å². The summed E-state index contributed by atoms with van der Waals surface area (Å²) in [6.07, 6.45) is -0.405. The molecule has 1 fully saturated rings. The Morgan fingerprint density at radius 2 is 1.40 bits per heavy atom. The number of thiazole rings is 6. The van der Waals surface area contributed by atoms with Crippen molar-refractivity contribution in [3.05, 3.63) is 141 Å². The molecule has 0 saturated heterocycles. The van der Waals surface area contributed by atoms with Gasteiger partial charge in [0.25, 0.3) is 11.8 Å². The lowest BCUT2D eigenvalue weighted by atomic mass is 9.81. The lowest BCUT2D eigenvalue weighted by Gasteiger charge is -2.30. The summed E-state index contributed by atoms with van der Waals surface area (Å²) in [5, 5.41) is 51.8. The third kappa shape index (κ3) is 14.6. The number of carbonyl (C=O) groups excluding carboxylic acids is 6. The normalized spacial score (nSPS) is 18.4. The van der Waals surface area contributed by atoms with Crippen LogP contribution in [0.3, 0.4) is 0 Å². The number of carboxylic acid groups (broad SMARTS) is 2. The second-order valence-corrected chi connectivity index (χ2v) is 28.2. The number of nitrogens with zero attached hydrogens (tertiary/aromatic N) is 8. The second kappa shape index (κ2) is 28.6. The first-order chi connectivity index (χ1) is 44.7. The summed E-state index contributed by atoms with van der Waals surface area (Å²) in [4.78, 5) is 146.